The van der Waals surface area contributed by atoms with Gasteiger partial charge in [0.05, 0.1) is 12.2 Å². The van der Waals surface area contributed by atoms with E-state index in [1.165, 1.54) is 10.7 Å². The van der Waals surface area contributed by atoms with Gasteiger partial charge in [0, 0.05) is 30.6 Å². The molecule has 1 N–H and O–H groups in total. The van der Waals surface area contributed by atoms with E-state index in [9.17, 15) is 9.59 Å². The van der Waals surface area contributed by atoms with E-state index < -0.39 is 0 Å². The highest BCUT2D eigenvalue weighted by atomic mass is 16.2. The maximum atomic E-state index is 12.3. The minimum absolute atomic E-state index is 0.187. The number of carbonyl (C=O) groups excluding carboxylic acids is 1. The van der Waals surface area contributed by atoms with Crippen molar-refractivity contribution in [3.63, 3.8) is 0 Å². The standard InChI is InChI=1S/C20H17N7O2/c28-19-9-7-16(15-4-2-1-3-5-15)25-27(19)13-11-22-20(29)17-6-8-18(24-23-17)26-12-10-21-14-26/h1-10,12,14H,11,13H2,(H,22,29). The van der Waals surface area contributed by atoms with Gasteiger partial charge >= 0.3 is 0 Å². The van der Waals surface area contributed by atoms with Crippen molar-refractivity contribution in [1.82, 2.24) is 34.8 Å². The van der Waals surface area contributed by atoms with Crippen molar-refractivity contribution in [3.05, 3.63) is 89.4 Å². The third-order valence-electron chi connectivity index (χ3n) is 4.20. The van der Waals surface area contributed by atoms with Crippen molar-refractivity contribution in [1.29, 1.82) is 0 Å². The molecule has 3 aromatic heterocycles. The Morgan fingerprint density at radius 1 is 1.00 bits per heavy atom. The molecule has 9 nitrogen and oxygen atoms in total. The van der Waals surface area contributed by atoms with Crippen molar-refractivity contribution in [2.45, 2.75) is 6.54 Å². The van der Waals surface area contributed by atoms with Gasteiger partial charge in [0.1, 0.15) is 6.33 Å². The molecule has 0 unspecified atom stereocenters. The number of benzene rings is 1. The molecule has 1 amide bonds. The van der Waals surface area contributed by atoms with Gasteiger partial charge in [-0.05, 0) is 18.2 Å². The number of hydrogen-bond acceptors (Lipinski definition) is 6. The van der Waals surface area contributed by atoms with Crippen LogP contribution in [0.15, 0.2) is 78.1 Å². The van der Waals surface area contributed by atoms with Crippen LogP contribution in [-0.4, -0.2) is 42.0 Å². The lowest BCUT2D eigenvalue weighted by Crippen LogP contribution is -2.32. The SMILES string of the molecule is O=C(NCCn1nc(-c2ccccc2)ccc1=O)c1ccc(-n2ccnc2)nn1. The molecule has 9 heteroatoms. The Kier molecular flexibility index (Phi) is 5.19. The molecule has 0 fully saturated rings. The Labute approximate surface area is 165 Å². The molecule has 0 saturated carbocycles. The average molecular weight is 387 g/mol. The zero-order chi connectivity index (χ0) is 20.1. The molecule has 1 aromatic carbocycles. The van der Waals surface area contributed by atoms with E-state index in [-0.39, 0.29) is 30.2 Å². The molecule has 0 saturated heterocycles. The number of nitrogens with one attached hydrogen (secondary N) is 1. The van der Waals surface area contributed by atoms with E-state index in [1.54, 1.807) is 41.5 Å². The molecular formula is C20H17N7O2. The van der Waals surface area contributed by atoms with Gasteiger partial charge in [-0.3, -0.25) is 14.2 Å². The van der Waals surface area contributed by atoms with Crippen LogP contribution in [0.5, 0.6) is 0 Å². The first kappa shape index (κ1) is 18.2. The van der Waals surface area contributed by atoms with Crippen LogP contribution in [0.1, 0.15) is 10.5 Å². The van der Waals surface area contributed by atoms with Gasteiger partial charge in [0.25, 0.3) is 11.5 Å². The molecule has 0 aliphatic rings. The maximum absolute atomic E-state index is 12.3. The zero-order valence-electron chi connectivity index (χ0n) is 15.3. The summed E-state index contributed by atoms with van der Waals surface area (Å²) in [7, 11) is 0. The number of aromatic nitrogens is 6. The second kappa shape index (κ2) is 8.26. The van der Waals surface area contributed by atoms with Gasteiger partial charge in [-0.15, -0.1) is 10.2 Å². The average Bonchev–Trinajstić information content (AvgIpc) is 3.31. The molecule has 4 rings (SSSR count). The number of imidazole rings is 1. The van der Waals surface area contributed by atoms with Gasteiger partial charge in [-0.25, -0.2) is 9.67 Å². The summed E-state index contributed by atoms with van der Waals surface area (Å²) in [6, 6.07) is 16.0. The largest absolute Gasteiger partial charge is 0.349 e. The van der Waals surface area contributed by atoms with Crippen LogP contribution in [-0.2, 0) is 6.54 Å². The Balaban J connectivity index is 1.39. The molecule has 0 aliphatic carbocycles. The van der Waals surface area contributed by atoms with Gasteiger partial charge in [-0.1, -0.05) is 30.3 Å². The Hall–Kier alpha value is -4.14. The Bertz CT molecular complexity index is 1150. The molecule has 0 aliphatic heterocycles. The molecule has 0 atom stereocenters. The number of nitrogens with zero attached hydrogens (tertiary/aromatic N) is 6. The summed E-state index contributed by atoms with van der Waals surface area (Å²) in [4.78, 5) is 28.3. The second-order valence-electron chi connectivity index (χ2n) is 6.15. The predicted octanol–water partition coefficient (Wildman–Crippen LogP) is 1.32. The lowest BCUT2D eigenvalue weighted by atomic mass is 10.1. The highest BCUT2D eigenvalue weighted by Gasteiger charge is 2.09. The van der Waals surface area contributed by atoms with E-state index in [2.05, 4.69) is 25.6 Å². The first-order valence-corrected chi connectivity index (χ1v) is 8.94. The van der Waals surface area contributed by atoms with Crippen molar-refractivity contribution in [2.75, 3.05) is 6.54 Å². The van der Waals surface area contributed by atoms with Crippen molar-refractivity contribution in [2.24, 2.45) is 0 Å². The third-order valence-corrected chi connectivity index (χ3v) is 4.20. The molecular weight excluding hydrogens is 370 g/mol. The molecule has 0 spiro atoms. The zero-order valence-corrected chi connectivity index (χ0v) is 15.3. The molecule has 0 bridgehead atoms. The quantitative estimate of drug-likeness (QED) is 0.535. The van der Waals surface area contributed by atoms with Crippen LogP contribution in [0.25, 0.3) is 17.1 Å². The van der Waals surface area contributed by atoms with E-state index in [4.69, 9.17) is 0 Å². The number of amides is 1. The molecule has 4 aromatic rings. The number of rotatable bonds is 6. The Morgan fingerprint density at radius 2 is 1.86 bits per heavy atom. The monoisotopic (exact) mass is 387 g/mol. The fraction of sp³-hybridized carbons (Fsp3) is 0.100. The van der Waals surface area contributed by atoms with Crippen LogP contribution in [0.3, 0.4) is 0 Å². The van der Waals surface area contributed by atoms with E-state index in [1.807, 2.05) is 30.3 Å². The van der Waals surface area contributed by atoms with E-state index in [0.29, 0.717) is 11.5 Å². The van der Waals surface area contributed by atoms with Crippen LogP contribution in [0.2, 0.25) is 0 Å². The number of carbonyl (C=O) groups is 1. The summed E-state index contributed by atoms with van der Waals surface area (Å²) < 4.78 is 3.02. The van der Waals surface area contributed by atoms with Gasteiger partial charge < -0.3 is 5.32 Å². The van der Waals surface area contributed by atoms with Crippen LogP contribution in [0.4, 0.5) is 0 Å². The van der Waals surface area contributed by atoms with Crippen molar-refractivity contribution >= 4 is 5.91 Å². The molecule has 29 heavy (non-hydrogen) atoms. The minimum Gasteiger partial charge on any atom is -0.349 e. The van der Waals surface area contributed by atoms with Crippen LogP contribution >= 0.6 is 0 Å². The first-order chi connectivity index (χ1) is 14.2. The minimum atomic E-state index is -0.373. The van der Waals surface area contributed by atoms with E-state index in [0.717, 1.165) is 5.56 Å². The summed E-state index contributed by atoms with van der Waals surface area (Å²) in [5, 5.41) is 15.0. The summed E-state index contributed by atoms with van der Waals surface area (Å²) in [6.07, 6.45) is 4.96. The van der Waals surface area contributed by atoms with Gasteiger partial charge in [0.15, 0.2) is 11.5 Å². The summed E-state index contributed by atoms with van der Waals surface area (Å²) in [6.45, 7) is 0.473. The lowest BCUT2D eigenvalue weighted by molar-refractivity contribution is 0.0945. The normalized spacial score (nSPS) is 10.6. The number of hydrogen-bond donors (Lipinski definition) is 1. The third kappa shape index (κ3) is 4.24. The summed E-state index contributed by atoms with van der Waals surface area (Å²) >= 11 is 0. The summed E-state index contributed by atoms with van der Waals surface area (Å²) in [5.41, 5.74) is 1.56. The fourth-order valence-corrected chi connectivity index (χ4v) is 2.72. The first-order valence-electron chi connectivity index (χ1n) is 8.94. The highest BCUT2D eigenvalue weighted by molar-refractivity contribution is 5.92. The summed E-state index contributed by atoms with van der Waals surface area (Å²) in [5.74, 6) is 0.189. The van der Waals surface area contributed by atoms with Gasteiger partial charge in [-0.2, -0.15) is 5.10 Å². The van der Waals surface area contributed by atoms with Crippen LogP contribution in [0, 0.1) is 0 Å². The maximum Gasteiger partial charge on any atom is 0.271 e. The lowest BCUT2D eigenvalue weighted by Gasteiger charge is -2.08. The molecule has 144 valence electrons. The highest BCUT2D eigenvalue weighted by Crippen LogP contribution is 2.13. The predicted molar refractivity (Wildman–Crippen MR) is 105 cm³/mol. The second-order valence-corrected chi connectivity index (χ2v) is 6.15. The fourth-order valence-electron chi connectivity index (χ4n) is 2.72. The van der Waals surface area contributed by atoms with E-state index >= 15 is 0 Å². The van der Waals surface area contributed by atoms with Crippen molar-refractivity contribution < 1.29 is 4.79 Å². The smallest absolute Gasteiger partial charge is 0.271 e. The molecule has 0 radical (unpaired) electrons. The van der Waals surface area contributed by atoms with Crippen LogP contribution < -0.4 is 10.9 Å². The molecule has 3 heterocycles. The Morgan fingerprint density at radius 3 is 2.59 bits per heavy atom. The topological polar surface area (TPSA) is 108 Å². The van der Waals surface area contributed by atoms with Crippen molar-refractivity contribution in [3.8, 4) is 17.1 Å². The van der Waals surface area contributed by atoms with Gasteiger partial charge in [0.2, 0.25) is 0 Å².